The summed E-state index contributed by atoms with van der Waals surface area (Å²) in [5.41, 5.74) is 6.70. The van der Waals surface area contributed by atoms with Crippen LogP contribution in [0.1, 0.15) is 5.56 Å². The van der Waals surface area contributed by atoms with Crippen LogP contribution >= 0.6 is 11.6 Å². The van der Waals surface area contributed by atoms with Crippen molar-refractivity contribution in [1.82, 2.24) is 4.98 Å². The van der Waals surface area contributed by atoms with Gasteiger partial charge in [-0.25, -0.2) is 4.39 Å². The summed E-state index contributed by atoms with van der Waals surface area (Å²) >= 11 is 5.87. The zero-order chi connectivity index (χ0) is 11.0. The first kappa shape index (κ1) is 10.3. The van der Waals surface area contributed by atoms with Crippen molar-refractivity contribution in [3.8, 4) is 5.75 Å². The van der Waals surface area contributed by atoms with E-state index in [2.05, 4.69) is 4.98 Å². The van der Waals surface area contributed by atoms with Gasteiger partial charge in [0.2, 0.25) is 0 Å². The third kappa shape index (κ3) is 1.46. The molecule has 0 fully saturated rings. The number of nitrogens with one attached hydrogen (secondary N) is 1. The Morgan fingerprint density at radius 3 is 2.93 bits per heavy atom. The lowest BCUT2D eigenvalue weighted by molar-refractivity contribution is 0.419. The molecule has 15 heavy (non-hydrogen) atoms. The van der Waals surface area contributed by atoms with E-state index in [1.165, 1.54) is 13.2 Å². The molecular weight excluding hydrogens is 219 g/mol. The summed E-state index contributed by atoms with van der Waals surface area (Å²) in [4.78, 5) is 2.82. The molecule has 1 heterocycles. The van der Waals surface area contributed by atoms with Crippen LogP contribution in [0, 0.1) is 5.82 Å². The van der Waals surface area contributed by atoms with Crippen molar-refractivity contribution in [2.45, 2.75) is 6.54 Å². The van der Waals surface area contributed by atoms with E-state index < -0.39 is 5.82 Å². The van der Waals surface area contributed by atoms with E-state index in [0.717, 1.165) is 5.56 Å². The van der Waals surface area contributed by atoms with Gasteiger partial charge in [-0.05, 0) is 11.6 Å². The van der Waals surface area contributed by atoms with Crippen molar-refractivity contribution in [1.29, 1.82) is 0 Å². The Labute approximate surface area is 91.0 Å². The average Bonchev–Trinajstić information content (AvgIpc) is 2.62. The maximum absolute atomic E-state index is 13.5. The van der Waals surface area contributed by atoms with E-state index in [9.17, 15) is 4.39 Å². The van der Waals surface area contributed by atoms with Gasteiger partial charge in [-0.2, -0.15) is 0 Å². The minimum atomic E-state index is -0.407. The van der Waals surface area contributed by atoms with Gasteiger partial charge in [0, 0.05) is 12.7 Å². The van der Waals surface area contributed by atoms with Gasteiger partial charge in [0.25, 0.3) is 0 Å². The summed E-state index contributed by atoms with van der Waals surface area (Å²) in [7, 11) is 1.49. The SMILES string of the molecule is COc1c(Cl)cc(F)c2[nH]cc(CN)c12. The summed E-state index contributed by atoms with van der Waals surface area (Å²) in [6.45, 7) is 0.302. The third-order valence-electron chi connectivity index (χ3n) is 2.32. The molecule has 0 saturated heterocycles. The third-order valence-corrected chi connectivity index (χ3v) is 2.60. The monoisotopic (exact) mass is 228 g/mol. The number of halogens is 2. The first-order chi connectivity index (χ1) is 7.19. The molecule has 0 aliphatic heterocycles. The molecule has 5 heteroatoms. The molecule has 0 unspecified atom stereocenters. The van der Waals surface area contributed by atoms with Crippen LogP contribution in [0.2, 0.25) is 5.02 Å². The number of fused-ring (bicyclic) bond motifs is 1. The smallest absolute Gasteiger partial charge is 0.149 e. The highest BCUT2D eigenvalue weighted by Gasteiger charge is 2.15. The first-order valence-electron chi connectivity index (χ1n) is 4.41. The minimum absolute atomic E-state index is 0.247. The van der Waals surface area contributed by atoms with Crippen LogP contribution in [0.15, 0.2) is 12.3 Å². The van der Waals surface area contributed by atoms with Crippen molar-refractivity contribution in [2.75, 3.05) is 7.11 Å². The molecule has 0 amide bonds. The van der Waals surface area contributed by atoms with Crippen molar-refractivity contribution in [3.05, 3.63) is 28.7 Å². The Bertz CT molecular complexity index is 510. The van der Waals surface area contributed by atoms with Gasteiger partial charge in [-0.1, -0.05) is 11.6 Å². The van der Waals surface area contributed by atoms with Gasteiger partial charge >= 0.3 is 0 Å². The number of ether oxygens (including phenoxy) is 1. The number of H-pyrrole nitrogens is 1. The van der Waals surface area contributed by atoms with Crippen LogP contribution in [0.4, 0.5) is 4.39 Å². The normalized spacial score (nSPS) is 10.9. The Hall–Kier alpha value is -1.26. The molecule has 0 bridgehead atoms. The summed E-state index contributed by atoms with van der Waals surface area (Å²) in [5.74, 6) is 0.0465. The summed E-state index contributed by atoms with van der Waals surface area (Å²) in [6.07, 6.45) is 1.66. The maximum atomic E-state index is 13.5. The lowest BCUT2D eigenvalue weighted by Crippen LogP contribution is -1.96. The van der Waals surface area contributed by atoms with Crippen LogP contribution < -0.4 is 10.5 Å². The Kier molecular flexibility index (Phi) is 2.54. The number of benzene rings is 1. The molecule has 3 nitrogen and oxygen atoms in total. The highest BCUT2D eigenvalue weighted by molar-refractivity contribution is 6.33. The molecule has 0 saturated carbocycles. The van der Waals surface area contributed by atoms with Crippen molar-refractivity contribution < 1.29 is 9.13 Å². The number of aromatic nitrogens is 1. The molecule has 2 rings (SSSR count). The zero-order valence-corrected chi connectivity index (χ0v) is 8.86. The van der Waals surface area contributed by atoms with E-state index in [1.807, 2.05) is 0 Å². The van der Waals surface area contributed by atoms with E-state index in [4.69, 9.17) is 22.1 Å². The van der Waals surface area contributed by atoms with Crippen molar-refractivity contribution in [2.24, 2.45) is 5.73 Å². The standard InChI is InChI=1S/C10H10ClFN2O/c1-15-10-6(11)2-7(12)9-8(10)5(3-13)4-14-9/h2,4,14H,3,13H2,1H3. The highest BCUT2D eigenvalue weighted by Crippen LogP contribution is 2.36. The molecule has 2 aromatic rings. The number of rotatable bonds is 2. The first-order valence-corrected chi connectivity index (χ1v) is 4.78. The fourth-order valence-electron chi connectivity index (χ4n) is 1.64. The molecule has 1 aromatic carbocycles. The predicted molar refractivity (Wildman–Crippen MR) is 57.7 cm³/mol. The van der Waals surface area contributed by atoms with Crippen LogP contribution in [-0.4, -0.2) is 12.1 Å². The van der Waals surface area contributed by atoms with Crippen LogP contribution in [0.5, 0.6) is 5.75 Å². The fourth-order valence-corrected chi connectivity index (χ4v) is 1.91. The van der Waals surface area contributed by atoms with Gasteiger partial charge in [-0.15, -0.1) is 0 Å². The lowest BCUT2D eigenvalue weighted by Gasteiger charge is -2.06. The summed E-state index contributed by atoms with van der Waals surface area (Å²) in [6, 6.07) is 1.22. The molecule has 1 aromatic heterocycles. The Balaban J connectivity index is 2.89. The van der Waals surface area contributed by atoms with Gasteiger partial charge < -0.3 is 15.5 Å². The van der Waals surface area contributed by atoms with E-state index >= 15 is 0 Å². The second-order valence-electron chi connectivity index (χ2n) is 3.14. The largest absolute Gasteiger partial charge is 0.494 e. The highest BCUT2D eigenvalue weighted by atomic mass is 35.5. The number of aromatic amines is 1. The molecule has 0 radical (unpaired) electrons. The fraction of sp³-hybridized carbons (Fsp3) is 0.200. The molecule has 3 N–H and O–H groups in total. The number of hydrogen-bond acceptors (Lipinski definition) is 2. The molecule has 0 atom stereocenters. The van der Waals surface area contributed by atoms with E-state index in [1.54, 1.807) is 6.20 Å². The van der Waals surface area contributed by atoms with E-state index in [0.29, 0.717) is 23.2 Å². The maximum Gasteiger partial charge on any atom is 0.149 e. The molecule has 0 aliphatic carbocycles. The van der Waals surface area contributed by atoms with Gasteiger partial charge in [0.1, 0.15) is 11.6 Å². The molecular formula is C10H10ClFN2O. The summed E-state index contributed by atoms with van der Waals surface area (Å²) in [5, 5.41) is 0.863. The zero-order valence-electron chi connectivity index (χ0n) is 8.10. The Morgan fingerprint density at radius 2 is 2.33 bits per heavy atom. The molecule has 80 valence electrons. The van der Waals surface area contributed by atoms with Crippen LogP contribution in [-0.2, 0) is 6.54 Å². The van der Waals surface area contributed by atoms with Gasteiger partial charge in [-0.3, -0.25) is 0 Å². The quantitative estimate of drug-likeness (QED) is 0.830. The van der Waals surface area contributed by atoms with Crippen molar-refractivity contribution in [3.63, 3.8) is 0 Å². The number of hydrogen-bond donors (Lipinski definition) is 2. The second-order valence-corrected chi connectivity index (χ2v) is 3.55. The van der Waals surface area contributed by atoms with Crippen LogP contribution in [0.25, 0.3) is 10.9 Å². The van der Waals surface area contributed by atoms with Gasteiger partial charge in [0.05, 0.1) is 23.0 Å². The van der Waals surface area contributed by atoms with Crippen LogP contribution in [0.3, 0.4) is 0 Å². The summed E-state index contributed by atoms with van der Waals surface area (Å²) < 4.78 is 18.6. The topological polar surface area (TPSA) is 51.0 Å². The second kappa shape index (κ2) is 3.72. The average molecular weight is 229 g/mol. The minimum Gasteiger partial charge on any atom is -0.494 e. The van der Waals surface area contributed by atoms with Gasteiger partial charge in [0.15, 0.2) is 0 Å². The van der Waals surface area contributed by atoms with E-state index in [-0.39, 0.29) is 5.02 Å². The Morgan fingerprint density at radius 1 is 1.60 bits per heavy atom. The molecule has 0 spiro atoms. The predicted octanol–water partition coefficient (Wildman–Crippen LogP) is 2.43. The number of methoxy groups -OCH3 is 1. The number of nitrogens with two attached hydrogens (primary N) is 1. The molecule has 0 aliphatic rings. The lowest BCUT2D eigenvalue weighted by atomic mass is 10.1. The van der Waals surface area contributed by atoms with Crippen molar-refractivity contribution >= 4 is 22.5 Å².